The van der Waals surface area contributed by atoms with E-state index in [4.69, 9.17) is 0 Å². The average molecular weight is 435 g/mol. The minimum Gasteiger partial charge on any atom is -0.308 e. The molecule has 0 atom stereocenters. The Hall–Kier alpha value is -2.39. The summed E-state index contributed by atoms with van der Waals surface area (Å²) in [5.41, 5.74) is 2.59. The van der Waals surface area contributed by atoms with Gasteiger partial charge in [0.05, 0.1) is 16.3 Å². The van der Waals surface area contributed by atoms with Crippen molar-refractivity contribution in [3.05, 3.63) is 53.6 Å². The summed E-state index contributed by atoms with van der Waals surface area (Å²) in [6, 6.07) is 11.5. The molecule has 0 saturated carbocycles. The molecule has 0 aromatic heterocycles. The number of benzene rings is 2. The highest BCUT2D eigenvalue weighted by molar-refractivity contribution is 7.93. The lowest BCUT2D eigenvalue weighted by molar-refractivity contribution is 0.0985. The number of aryl methyl sites for hydroxylation is 1. The molecule has 154 valence electrons. The molecular weight excluding hydrogens is 412 g/mol. The molecule has 2 aromatic rings. The van der Waals surface area contributed by atoms with Crippen molar-refractivity contribution in [1.82, 2.24) is 0 Å². The van der Waals surface area contributed by atoms with Gasteiger partial charge in [-0.2, -0.15) is 0 Å². The highest BCUT2D eigenvalue weighted by atomic mass is 32.2. The molecule has 0 spiro atoms. The Morgan fingerprint density at radius 3 is 2.34 bits per heavy atom. The smallest absolute Gasteiger partial charge is 0.258 e. The standard InChI is InChI=1S/C20H22N2O5S2/c1-28(24,25)18-9-10-19-16(14-18)4-2-11-21(19)20(23)15-5-7-17(8-6-15)22-12-3-13-29(22,26)27/h5-10,14H,2-4,11-13H2,1H3. The van der Waals surface area contributed by atoms with E-state index in [1.807, 2.05) is 0 Å². The van der Waals surface area contributed by atoms with Gasteiger partial charge in [0, 0.05) is 30.6 Å². The normalized spacial score (nSPS) is 18.5. The van der Waals surface area contributed by atoms with Gasteiger partial charge in [0.25, 0.3) is 5.91 Å². The average Bonchev–Trinajstić information content (AvgIpc) is 3.05. The molecule has 0 bridgehead atoms. The maximum Gasteiger partial charge on any atom is 0.258 e. The quantitative estimate of drug-likeness (QED) is 0.739. The van der Waals surface area contributed by atoms with Crippen LogP contribution in [0.15, 0.2) is 47.4 Å². The van der Waals surface area contributed by atoms with Crippen molar-refractivity contribution in [2.45, 2.75) is 24.2 Å². The summed E-state index contributed by atoms with van der Waals surface area (Å²) in [4.78, 5) is 15.0. The van der Waals surface area contributed by atoms with Gasteiger partial charge in [0.2, 0.25) is 10.0 Å². The van der Waals surface area contributed by atoms with Crippen LogP contribution in [0.25, 0.3) is 0 Å². The summed E-state index contributed by atoms with van der Waals surface area (Å²) >= 11 is 0. The number of sulfonamides is 1. The van der Waals surface area contributed by atoms with E-state index in [-0.39, 0.29) is 16.6 Å². The van der Waals surface area contributed by atoms with E-state index < -0.39 is 19.9 Å². The summed E-state index contributed by atoms with van der Waals surface area (Å²) in [7, 11) is -6.57. The van der Waals surface area contributed by atoms with E-state index in [1.54, 1.807) is 41.3 Å². The lowest BCUT2D eigenvalue weighted by atomic mass is 10.0. The van der Waals surface area contributed by atoms with Crippen molar-refractivity contribution in [2.24, 2.45) is 0 Å². The Bertz CT molecular complexity index is 1170. The molecule has 2 aliphatic heterocycles. The van der Waals surface area contributed by atoms with Crippen LogP contribution in [0.1, 0.15) is 28.8 Å². The van der Waals surface area contributed by atoms with Crippen molar-refractivity contribution in [1.29, 1.82) is 0 Å². The Morgan fingerprint density at radius 2 is 1.72 bits per heavy atom. The molecule has 1 amide bonds. The number of carbonyl (C=O) groups is 1. The Balaban J connectivity index is 1.61. The van der Waals surface area contributed by atoms with Gasteiger partial charge in [-0.3, -0.25) is 9.10 Å². The predicted molar refractivity (Wildman–Crippen MR) is 112 cm³/mol. The zero-order valence-corrected chi connectivity index (χ0v) is 17.7. The van der Waals surface area contributed by atoms with Gasteiger partial charge in [-0.25, -0.2) is 16.8 Å². The van der Waals surface area contributed by atoms with Crippen molar-refractivity contribution in [2.75, 3.05) is 34.3 Å². The number of hydrogen-bond donors (Lipinski definition) is 0. The second-order valence-corrected chi connectivity index (χ2v) is 11.4. The van der Waals surface area contributed by atoms with Gasteiger partial charge in [-0.05, 0) is 67.3 Å². The second-order valence-electron chi connectivity index (χ2n) is 7.41. The van der Waals surface area contributed by atoms with Crippen molar-refractivity contribution in [3.63, 3.8) is 0 Å². The molecule has 1 fully saturated rings. The number of nitrogens with zero attached hydrogens (tertiary/aromatic N) is 2. The summed E-state index contributed by atoms with van der Waals surface area (Å²) in [6.07, 6.45) is 3.23. The summed E-state index contributed by atoms with van der Waals surface area (Å²) in [5.74, 6) is -0.0397. The first-order chi connectivity index (χ1) is 13.7. The van der Waals surface area contributed by atoms with E-state index in [2.05, 4.69) is 0 Å². The molecule has 0 radical (unpaired) electrons. The predicted octanol–water partition coefficient (Wildman–Crippen LogP) is 2.22. The fourth-order valence-corrected chi connectivity index (χ4v) is 6.11. The first-order valence-corrected chi connectivity index (χ1v) is 12.9. The van der Waals surface area contributed by atoms with Crippen LogP contribution in [0.3, 0.4) is 0 Å². The van der Waals surface area contributed by atoms with Crippen molar-refractivity contribution < 1.29 is 21.6 Å². The third-order valence-corrected chi connectivity index (χ3v) is 8.32. The number of amides is 1. The van der Waals surface area contributed by atoms with E-state index >= 15 is 0 Å². The molecule has 2 aliphatic rings. The van der Waals surface area contributed by atoms with Crippen molar-refractivity contribution in [3.8, 4) is 0 Å². The molecule has 0 N–H and O–H groups in total. The Kier molecular flexibility index (Phi) is 4.90. The van der Waals surface area contributed by atoms with E-state index in [0.717, 1.165) is 17.7 Å². The van der Waals surface area contributed by atoms with E-state index in [1.165, 1.54) is 16.6 Å². The maximum absolute atomic E-state index is 13.1. The fraction of sp³-hybridized carbons (Fsp3) is 0.350. The molecule has 9 heteroatoms. The second kappa shape index (κ2) is 7.14. The van der Waals surface area contributed by atoms with Crippen LogP contribution in [-0.4, -0.2) is 47.8 Å². The minimum absolute atomic E-state index is 0.147. The fourth-order valence-electron chi connectivity index (χ4n) is 3.87. The monoisotopic (exact) mass is 434 g/mol. The van der Waals surface area contributed by atoms with Crippen LogP contribution >= 0.6 is 0 Å². The topological polar surface area (TPSA) is 91.8 Å². The number of fused-ring (bicyclic) bond motifs is 1. The molecule has 4 rings (SSSR count). The number of anilines is 2. The van der Waals surface area contributed by atoms with Gasteiger partial charge in [0.15, 0.2) is 9.84 Å². The van der Waals surface area contributed by atoms with Gasteiger partial charge in [-0.1, -0.05) is 0 Å². The molecule has 0 aliphatic carbocycles. The Morgan fingerprint density at radius 1 is 1.00 bits per heavy atom. The summed E-state index contributed by atoms with van der Waals surface area (Å²) in [5, 5.41) is 0. The van der Waals surface area contributed by atoms with Gasteiger partial charge < -0.3 is 4.90 Å². The first-order valence-electron chi connectivity index (χ1n) is 9.42. The molecule has 2 aromatic carbocycles. The summed E-state index contributed by atoms with van der Waals surface area (Å²) in [6.45, 7) is 1.00. The van der Waals surface area contributed by atoms with Gasteiger partial charge >= 0.3 is 0 Å². The summed E-state index contributed by atoms with van der Waals surface area (Å²) < 4.78 is 49.2. The van der Waals surface area contributed by atoms with E-state index in [0.29, 0.717) is 37.2 Å². The number of sulfone groups is 1. The highest BCUT2D eigenvalue weighted by Gasteiger charge is 2.29. The van der Waals surface area contributed by atoms with Gasteiger partial charge in [-0.15, -0.1) is 0 Å². The zero-order chi connectivity index (χ0) is 20.8. The number of carbonyl (C=O) groups excluding carboxylic acids is 1. The van der Waals surface area contributed by atoms with Crippen LogP contribution in [0.2, 0.25) is 0 Å². The van der Waals surface area contributed by atoms with Crippen LogP contribution in [0.5, 0.6) is 0 Å². The lowest BCUT2D eigenvalue weighted by Crippen LogP contribution is -2.35. The van der Waals surface area contributed by atoms with Crippen LogP contribution in [0.4, 0.5) is 11.4 Å². The first kappa shape index (κ1) is 19.9. The third-order valence-electron chi connectivity index (χ3n) is 5.34. The molecule has 2 heterocycles. The molecule has 1 saturated heterocycles. The van der Waals surface area contributed by atoms with Crippen molar-refractivity contribution >= 4 is 37.1 Å². The SMILES string of the molecule is CS(=O)(=O)c1ccc2c(c1)CCCN2C(=O)c1ccc(N2CCCS2(=O)=O)cc1. The van der Waals surface area contributed by atoms with E-state index in [9.17, 15) is 21.6 Å². The number of rotatable bonds is 3. The molecule has 29 heavy (non-hydrogen) atoms. The maximum atomic E-state index is 13.1. The lowest BCUT2D eigenvalue weighted by Gasteiger charge is -2.30. The zero-order valence-electron chi connectivity index (χ0n) is 16.0. The van der Waals surface area contributed by atoms with Gasteiger partial charge in [0.1, 0.15) is 0 Å². The van der Waals surface area contributed by atoms with Crippen LogP contribution < -0.4 is 9.21 Å². The molecule has 0 unspecified atom stereocenters. The minimum atomic E-state index is -3.31. The van der Waals surface area contributed by atoms with Crippen LogP contribution in [0, 0.1) is 0 Å². The Labute approximate surface area is 170 Å². The number of hydrogen-bond acceptors (Lipinski definition) is 5. The highest BCUT2D eigenvalue weighted by Crippen LogP contribution is 2.31. The molecule has 7 nitrogen and oxygen atoms in total. The largest absolute Gasteiger partial charge is 0.308 e. The van der Waals surface area contributed by atoms with Crippen LogP contribution in [-0.2, 0) is 26.3 Å². The molecular formula is C20H22N2O5S2. The third kappa shape index (κ3) is 3.76.